The minimum absolute atomic E-state index is 0.0801. The van der Waals surface area contributed by atoms with Gasteiger partial charge in [0.05, 0.1) is 5.75 Å². The second kappa shape index (κ2) is 6.35. The van der Waals surface area contributed by atoms with Crippen LogP contribution in [0, 0.1) is 0 Å². The van der Waals surface area contributed by atoms with Gasteiger partial charge in [0.15, 0.2) is 0 Å². The molecule has 1 atom stereocenters. The Balaban J connectivity index is 2.07. The molecule has 0 saturated carbocycles. The number of rotatable bonds is 4. The van der Waals surface area contributed by atoms with Gasteiger partial charge < -0.3 is 5.32 Å². The Morgan fingerprint density at radius 2 is 2.05 bits per heavy atom. The maximum Gasteiger partial charge on any atom is 0.218 e. The summed E-state index contributed by atoms with van der Waals surface area (Å²) >= 11 is 3.35. The number of likely N-dealkylation sites (N-methyl/N-ethyl adjacent to an activating group) is 1. The van der Waals surface area contributed by atoms with E-state index in [1.807, 2.05) is 31.3 Å². The fourth-order valence-corrected chi connectivity index (χ4v) is 4.19. The number of hydrogen-bond donors (Lipinski definition) is 1. The largest absolute Gasteiger partial charge is 0.316 e. The molecular formula is C13H19BrN2O2S. The van der Waals surface area contributed by atoms with Gasteiger partial charge in [-0.15, -0.1) is 0 Å². The molecule has 0 radical (unpaired) electrons. The van der Waals surface area contributed by atoms with Gasteiger partial charge in [-0.05, 0) is 37.6 Å². The second-order valence-corrected chi connectivity index (χ2v) is 7.75. The zero-order valence-electron chi connectivity index (χ0n) is 11.0. The summed E-state index contributed by atoms with van der Waals surface area (Å²) in [6.45, 7) is 1.21. The van der Waals surface area contributed by atoms with E-state index in [1.165, 1.54) is 0 Å². The summed E-state index contributed by atoms with van der Waals surface area (Å²) in [6, 6.07) is 7.71. The highest BCUT2D eigenvalue weighted by Gasteiger charge is 2.28. The van der Waals surface area contributed by atoms with E-state index >= 15 is 0 Å². The highest BCUT2D eigenvalue weighted by atomic mass is 79.9. The van der Waals surface area contributed by atoms with Gasteiger partial charge in [-0.2, -0.15) is 0 Å². The molecule has 1 aromatic carbocycles. The van der Waals surface area contributed by atoms with Crippen molar-refractivity contribution in [3.8, 4) is 0 Å². The topological polar surface area (TPSA) is 49.4 Å². The molecule has 2 rings (SSSR count). The van der Waals surface area contributed by atoms with E-state index in [9.17, 15) is 8.42 Å². The van der Waals surface area contributed by atoms with Crippen LogP contribution in [0.15, 0.2) is 28.7 Å². The number of piperidine rings is 1. The highest BCUT2D eigenvalue weighted by Crippen LogP contribution is 2.18. The number of benzene rings is 1. The zero-order valence-corrected chi connectivity index (χ0v) is 13.4. The first-order chi connectivity index (χ1) is 9.01. The van der Waals surface area contributed by atoms with Crippen molar-refractivity contribution >= 4 is 26.0 Å². The van der Waals surface area contributed by atoms with Gasteiger partial charge in [0, 0.05) is 23.6 Å². The van der Waals surface area contributed by atoms with Crippen molar-refractivity contribution in [2.45, 2.75) is 24.6 Å². The molecule has 1 N–H and O–H groups in total. The molecule has 0 spiro atoms. The Labute approximate surface area is 123 Å². The summed E-state index contributed by atoms with van der Waals surface area (Å²) < 4.78 is 27.3. The third kappa shape index (κ3) is 4.02. The Morgan fingerprint density at radius 1 is 1.37 bits per heavy atom. The molecule has 4 nitrogen and oxygen atoms in total. The fourth-order valence-electron chi connectivity index (χ4n) is 2.31. The molecular weight excluding hydrogens is 328 g/mol. The van der Waals surface area contributed by atoms with Gasteiger partial charge >= 0.3 is 0 Å². The smallest absolute Gasteiger partial charge is 0.218 e. The second-order valence-electron chi connectivity index (χ2n) is 4.87. The van der Waals surface area contributed by atoms with E-state index < -0.39 is 10.0 Å². The molecule has 1 aliphatic rings. The lowest BCUT2D eigenvalue weighted by Gasteiger charge is -2.31. The van der Waals surface area contributed by atoms with E-state index in [2.05, 4.69) is 21.2 Å². The van der Waals surface area contributed by atoms with E-state index in [0.29, 0.717) is 13.1 Å². The maximum atomic E-state index is 12.4. The van der Waals surface area contributed by atoms with E-state index in [1.54, 1.807) is 4.31 Å². The third-order valence-corrected chi connectivity index (χ3v) is 5.79. The Kier molecular flexibility index (Phi) is 5.00. The van der Waals surface area contributed by atoms with E-state index in [4.69, 9.17) is 0 Å². The molecule has 106 valence electrons. The van der Waals surface area contributed by atoms with Crippen molar-refractivity contribution < 1.29 is 8.42 Å². The highest BCUT2D eigenvalue weighted by molar-refractivity contribution is 9.10. The van der Waals surface area contributed by atoms with Gasteiger partial charge in [-0.25, -0.2) is 12.7 Å². The number of hydrogen-bond acceptors (Lipinski definition) is 3. The normalized spacial score (nSPS) is 21.5. The Hall–Kier alpha value is -0.430. The van der Waals surface area contributed by atoms with Gasteiger partial charge in [0.1, 0.15) is 0 Å². The van der Waals surface area contributed by atoms with Crippen LogP contribution in [0.4, 0.5) is 0 Å². The van der Waals surface area contributed by atoms with Crippen LogP contribution in [0.1, 0.15) is 18.4 Å². The predicted molar refractivity (Wildman–Crippen MR) is 80.4 cm³/mol. The van der Waals surface area contributed by atoms with Gasteiger partial charge in [0.25, 0.3) is 0 Å². The molecule has 0 aliphatic carbocycles. The first-order valence-corrected chi connectivity index (χ1v) is 8.81. The molecule has 1 unspecified atom stereocenters. The van der Waals surface area contributed by atoms with Crippen LogP contribution in [0.3, 0.4) is 0 Å². The lowest BCUT2D eigenvalue weighted by atomic mass is 10.1. The van der Waals surface area contributed by atoms with Crippen molar-refractivity contribution in [3.05, 3.63) is 34.3 Å². The first-order valence-electron chi connectivity index (χ1n) is 6.41. The Bertz CT molecular complexity index is 516. The molecule has 0 amide bonds. The fraction of sp³-hybridized carbons (Fsp3) is 0.538. The van der Waals surface area contributed by atoms with Crippen molar-refractivity contribution in [2.75, 3.05) is 20.1 Å². The third-order valence-electron chi connectivity index (χ3n) is 3.45. The van der Waals surface area contributed by atoms with Crippen LogP contribution in [0.2, 0.25) is 0 Å². The van der Waals surface area contributed by atoms with Crippen LogP contribution in [-0.2, 0) is 15.8 Å². The molecule has 19 heavy (non-hydrogen) atoms. The van der Waals surface area contributed by atoms with Crippen LogP contribution in [-0.4, -0.2) is 38.9 Å². The molecule has 1 heterocycles. The van der Waals surface area contributed by atoms with Crippen LogP contribution < -0.4 is 5.32 Å². The van der Waals surface area contributed by atoms with Crippen molar-refractivity contribution in [2.24, 2.45) is 0 Å². The number of nitrogens with zero attached hydrogens (tertiary/aromatic N) is 1. The van der Waals surface area contributed by atoms with Crippen LogP contribution in [0.5, 0.6) is 0 Å². The zero-order chi connectivity index (χ0) is 13.9. The average Bonchev–Trinajstić information content (AvgIpc) is 2.41. The minimum atomic E-state index is -3.21. The molecule has 6 heteroatoms. The minimum Gasteiger partial charge on any atom is -0.316 e. The number of nitrogens with one attached hydrogen (secondary N) is 1. The molecule has 1 saturated heterocycles. The molecule has 1 fully saturated rings. The number of halogens is 1. The lowest BCUT2D eigenvalue weighted by Crippen LogP contribution is -2.47. The standard InChI is InChI=1S/C13H19BrN2O2S/c1-15-13-3-2-8-16(9-13)19(17,18)10-11-4-6-12(14)7-5-11/h4-7,13,15H,2-3,8-10H2,1H3. The summed E-state index contributed by atoms with van der Waals surface area (Å²) in [5.74, 6) is 0.0801. The predicted octanol–water partition coefficient (Wildman–Crippen LogP) is 1.96. The summed E-state index contributed by atoms with van der Waals surface area (Å²) in [6.07, 6.45) is 1.96. The van der Waals surface area contributed by atoms with E-state index in [-0.39, 0.29) is 11.8 Å². The Morgan fingerprint density at radius 3 is 2.68 bits per heavy atom. The van der Waals surface area contributed by atoms with Gasteiger partial charge in [-0.3, -0.25) is 0 Å². The molecule has 0 aromatic heterocycles. The van der Waals surface area contributed by atoms with Crippen LogP contribution in [0.25, 0.3) is 0 Å². The summed E-state index contributed by atoms with van der Waals surface area (Å²) in [5.41, 5.74) is 0.829. The molecule has 1 aliphatic heterocycles. The SMILES string of the molecule is CNC1CCCN(S(=O)(=O)Cc2ccc(Br)cc2)C1. The van der Waals surface area contributed by atoms with Gasteiger partial charge in [-0.1, -0.05) is 28.1 Å². The summed E-state index contributed by atoms with van der Waals surface area (Å²) in [5, 5.41) is 3.16. The maximum absolute atomic E-state index is 12.4. The average molecular weight is 347 g/mol. The van der Waals surface area contributed by atoms with Gasteiger partial charge in [0.2, 0.25) is 10.0 Å². The quantitative estimate of drug-likeness (QED) is 0.906. The first kappa shape index (κ1) is 15.0. The molecule has 1 aromatic rings. The number of sulfonamides is 1. The summed E-state index contributed by atoms with van der Waals surface area (Å²) in [7, 11) is -1.33. The lowest BCUT2D eigenvalue weighted by molar-refractivity contribution is 0.292. The van der Waals surface area contributed by atoms with Crippen molar-refractivity contribution in [1.82, 2.24) is 9.62 Å². The molecule has 0 bridgehead atoms. The summed E-state index contributed by atoms with van der Waals surface area (Å²) in [4.78, 5) is 0. The monoisotopic (exact) mass is 346 g/mol. The van der Waals surface area contributed by atoms with Crippen molar-refractivity contribution in [3.63, 3.8) is 0 Å². The van der Waals surface area contributed by atoms with E-state index in [0.717, 1.165) is 22.9 Å². The van der Waals surface area contributed by atoms with Crippen LogP contribution >= 0.6 is 15.9 Å². The van der Waals surface area contributed by atoms with Crippen molar-refractivity contribution in [1.29, 1.82) is 0 Å².